The SMILES string of the molecule is CCCCC(Nc1ccc(F)cc1Cl)c1ccc(F)cc1. The van der Waals surface area contributed by atoms with Crippen molar-refractivity contribution < 1.29 is 8.78 Å². The average Bonchev–Trinajstić information content (AvgIpc) is 2.46. The molecule has 0 aliphatic rings. The number of nitrogens with one attached hydrogen (secondary N) is 1. The molecule has 0 aliphatic carbocycles. The fraction of sp³-hybridized carbons (Fsp3) is 0.294. The van der Waals surface area contributed by atoms with E-state index in [1.54, 1.807) is 18.2 Å². The summed E-state index contributed by atoms with van der Waals surface area (Å²) in [6.45, 7) is 2.12. The third-order valence-corrected chi connectivity index (χ3v) is 3.69. The molecule has 2 aromatic carbocycles. The summed E-state index contributed by atoms with van der Waals surface area (Å²) in [4.78, 5) is 0. The zero-order valence-corrected chi connectivity index (χ0v) is 12.6. The lowest BCUT2D eigenvalue weighted by atomic mass is 10.0. The lowest BCUT2D eigenvalue weighted by Gasteiger charge is -2.21. The van der Waals surface area contributed by atoms with Gasteiger partial charge in [0, 0.05) is 0 Å². The van der Waals surface area contributed by atoms with E-state index in [9.17, 15) is 8.78 Å². The molecule has 1 atom stereocenters. The van der Waals surface area contributed by atoms with Gasteiger partial charge >= 0.3 is 0 Å². The fourth-order valence-corrected chi connectivity index (χ4v) is 2.44. The summed E-state index contributed by atoms with van der Waals surface area (Å²) in [6, 6.07) is 10.7. The highest BCUT2D eigenvalue weighted by Crippen LogP contribution is 2.29. The first-order valence-electron chi connectivity index (χ1n) is 7.07. The van der Waals surface area contributed by atoms with E-state index in [1.807, 2.05) is 0 Å². The van der Waals surface area contributed by atoms with Crippen molar-refractivity contribution in [1.29, 1.82) is 0 Å². The van der Waals surface area contributed by atoms with Gasteiger partial charge in [-0.3, -0.25) is 0 Å². The van der Waals surface area contributed by atoms with Gasteiger partial charge in [-0.05, 0) is 42.3 Å². The number of benzene rings is 2. The van der Waals surface area contributed by atoms with Gasteiger partial charge in [-0.25, -0.2) is 8.78 Å². The third-order valence-electron chi connectivity index (χ3n) is 3.38. The lowest BCUT2D eigenvalue weighted by molar-refractivity contribution is 0.615. The van der Waals surface area contributed by atoms with Crippen LogP contribution in [-0.2, 0) is 0 Å². The Balaban J connectivity index is 2.21. The number of rotatable bonds is 6. The molecule has 4 heteroatoms. The van der Waals surface area contributed by atoms with Crippen LogP contribution in [0.25, 0.3) is 0 Å². The van der Waals surface area contributed by atoms with Gasteiger partial charge in [0.05, 0.1) is 16.8 Å². The maximum atomic E-state index is 13.1. The Bertz CT molecular complexity index is 584. The van der Waals surface area contributed by atoms with Crippen molar-refractivity contribution in [2.75, 3.05) is 5.32 Å². The maximum Gasteiger partial charge on any atom is 0.124 e. The maximum absolute atomic E-state index is 13.1. The monoisotopic (exact) mass is 309 g/mol. The van der Waals surface area contributed by atoms with Crippen molar-refractivity contribution in [1.82, 2.24) is 0 Å². The van der Waals surface area contributed by atoms with Crippen LogP contribution in [0.2, 0.25) is 5.02 Å². The third kappa shape index (κ3) is 4.43. The molecule has 2 rings (SSSR count). The van der Waals surface area contributed by atoms with Gasteiger partial charge in [0.15, 0.2) is 0 Å². The topological polar surface area (TPSA) is 12.0 Å². The minimum Gasteiger partial charge on any atom is -0.377 e. The molecule has 0 bridgehead atoms. The standard InChI is InChI=1S/C17H18ClF2N/c1-2-3-4-16(12-5-7-13(19)8-6-12)21-17-10-9-14(20)11-15(17)18/h5-11,16,21H,2-4H2,1H3. The summed E-state index contributed by atoms with van der Waals surface area (Å²) in [6.07, 6.45) is 3.00. The van der Waals surface area contributed by atoms with Crippen LogP contribution >= 0.6 is 11.6 Å². The minimum atomic E-state index is -0.363. The van der Waals surface area contributed by atoms with Crippen molar-refractivity contribution in [3.63, 3.8) is 0 Å². The van der Waals surface area contributed by atoms with Crippen LogP contribution in [0.4, 0.5) is 14.5 Å². The Labute approximate surface area is 128 Å². The first-order valence-corrected chi connectivity index (χ1v) is 7.45. The van der Waals surface area contributed by atoms with E-state index in [2.05, 4.69) is 12.2 Å². The minimum absolute atomic E-state index is 0.0218. The van der Waals surface area contributed by atoms with Crippen LogP contribution in [0.3, 0.4) is 0 Å². The summed E-state index contributed by atoms with van der Waals surface area (Å²) in [5.74, 6) is -0.620. The molecule has 0 fully saturated rings. The van der Waals surface area contributed by atoms with E-state index in [1.165, 1.54) is 24.3 Å². The second-order valence-electron chi connectivity index (χ2n) is 5.01. The number of anilines is 1. The Morgan fingerprint density at radius 1 is 1.05 bits per heavy atom. The van der Waals surface area contributed by atoms with Gasteiger partial charge in [0.25, 0.3) is 0 Å². The average molecular weight is 310 g/mol. The predicted molar refractivity (Wildman–Crippen MR) is 83.7 cm³/mol. The quantitative estimate of drug-likeness (QED) is 0.694. The highest BCUT2D eigenvalue weighted by Gasteiger charge is 2.13. The number of hydrogen-bond donors (Lipinski definition) is 1. The summed E-state index contributed by atoms with van der Waals surface area (Å²) < 4.78 is 26.2. The Morgan fingerprint density at radius 2 is 1.71 bits per heavy atom. The van der Waals surface area contributed by atoms with Crippen LogP contribution < -0.4 is 5.32 Å². The molecule has 0 radical (unpaired) electrons. The molecule has 21 heavy (non-hydrogen) atoms. The molecule has 1 N–H and O–H groups in total. The zero-order chi connectivity index (χ0) is 15.2. The van der Waals surface area contributed by atoms with Gasteiger partial charge in [-0.2, -0.15) is 0 Å². The zero-order valence-electron chi connectivity index (χ0n) is 11.9. The molecule has 0 saturated heterocycles. The molecule has 0 saturated carbocycles. The Kier molecular flexibility index (Phi) is 5.57. The van der Waals surface area contributed by atoms with E-state index in [-0.39, 0.29) is 17.7 Å². The molecule has 1 nitrogen and oxygen atoms in total. The second kappa shape index (κ2) is 7.41. The van der Waals surface area contributed by atoms with Gasteiger partial charge < -0.3 is 5.32 Å². The molecule has 0 aromatic heterocycles. The molecule has 2 aromatic rings. The van der Waals surface area contributed by atoms with Gasteiger partial charge in [-0.15, -0.1) is 0 Å². The smallest absolute Gasteiger partial charge is 0.124 e. The molecular weight excluding hydrogens is 292 g/mol. The summed E-state index contributed by atoms with van der Waals surface area (Å²) in [5, 5.41) is 3.67. The predicted octanol–water partition coefficient (Wildman–Crippen LogP) is 5.96. The van der Waals surface area contributed by atoms with Crippen LogP contribution in [-0.4, -0.2) is 0 Å². The first-order chi connectivity index (χ1) is 10.1. The number of halogens is 3. The van der Waals surface area contributed by atoms with E-state index in [0.29, 0.717) is 10.7 Å². The van der Waals surface area contributed by atoms with Crippen LogP contribution in [0.5, 0.6) is 0 Å². The van der Waals surface area contributed by atoms with Crippen LogP contribution in [0.1, 0.15) is 37.8 Å². The Hall–Kier alpha value is -1.61. The highest BCUT2D eigenvalue weighted by atomic mass is 35.5. The fourth-order valence-electron chi connectivity index (χ4n) is 2.22. The summed E-state index contributed by atoms with van der Waals surface area (Å²) >= 11 is 6.06. The number of unbranched alkanes of at least 4 members (excludes halogenated alkanes) is 1. The highest BCUT2D eigenvalue weighted by molar-refractivity contribution is 6.33. The van der Waals surface area contributed by atoms with Crippen molar-refractivity contribution in [3.8, 4) is 0 Å². The summed E-state index contributed by atoms with van der Waals surface area (Å²) in [5.41, 5.74) is 1.67. The largest absolute Gasteiger partial charge is 0.377 e. The van der Waals surface area contributed by atoms with E-state index < -0.39 is 0 Å². The molecule has 112 valence electrons. The first kappa shape index (κ1) is 15.8. The van der Waals surface area contributed by atoms with Crippen molar-refractivity contribution in [2.45, 2.75) is 32.2 Å². The van der Waals surface area contributed by atoms with Crippen molar-refractivity contribution in [2.24, 2.45) is 0 Å². The summed E-state index contributed by atoms with van der Waals surface area (Å²) in [7, 11) is 0. The van der Waals surface area contributed by atoms with Crippen LogP contribution in [0, 0.1) is 11.6 Å². The molecule has 1 unspecified atom stereocenters. The lowest BCUT2D eigenvalue weighted by Crippen LogP contribution is -2.11. The van der Waals surface area contributed by atoms with Crippen molar-refractivity contribution >= 4 is 17.3 Å². The molecule has 0 amide bonds. The second-order valence-corrected chi connectivity index (χ2v) is 5.42. The van der Waals surface area contributed by atoms with Gasteiger partial charge in [0.1, 0.15) is 11.6 Å². The molecule has 0 heterocycles. The normalized spacial score (nSPS) is 12.2. The van der Waals surface area contributed by atoms with E-state index in [0.717, 1.165) is 24.8 Å². The van der Waals surface area contributed by atoms with E-state index in [4.69, 9.17) is 11.6 Å². The van der Waals surface area contributed by atoms with Gasteiger partial charge in [0.2, 0.25) is 0 Å². The van der Waals surface area contributed by atoms with Crippen LogP contribution in [0.15, 0.2) is 42.5 Å². The van der Waals surface area contributed by atoms with Gasteiger partial charge in [-0.1, -0.05) is 43.5 Å². The molecule has 0 spiro atoms. The van der Waals surface area contributed by atoms with Crippen molar-refractivity contribution in [3.05, 3.63) is 64.7 Å². The van der Waals surface area contributed by atoms with E-state index >= 15 is 0 Å². The molecular formula is C17H18ClF2N. The molecule has 0 aliphatic heterocycles. The number of hydrogen-bond acceptors (Lipinski definition) is 1. The Morgan fingerprint density at radius 3 is 2.33 bits per heavy atom.